The number of aryl methyl sites for hydroxylation is 1. The normalized spacial score (nSPS) is 11.2. The van der Waals surface area contributed by atoms with Crippen LogP contribution in [0.3, 0.4) is 0 Å². The second-order valence-electron chi connectivity index (χ2n) is 6.44. The molecule has 9 nitrogen and oxygen atoms in total. The molecule has 0 radical (unpaired) electrons. The number of aromatic nitrogens is 3. The van der Waals surface area contributed by atoms with Gasteiger partial charge >= 0.3 is 0 Å². The number of hydrogen-bond donors (Lipinski definition) is 1. The van der Waals surface area contributed by atoms with Crippen LogP contribution in [0.25, 0.3) is 0 Å². The van der Waals surface area contributed by atoms with Gasteiger partial charge in [-0.2, -0.15) is 0 Å². The number of Topliss-reactive ketones (excluding diaryl/α,β-unsaturated/α-hetero) is 1. The van der Waals surface area contributed by atoms with Gasteiger partial charge in [0, 0.05) is 32.1 Å². The molecule has 0 aliphatic rings. The minimum absolute atomic E-state index is 0.235. The van der Waals surface area contributed by atoms with Gasteiger partial charge in [0.1, 0.15) is 5.78 Å². The molecule has 1 aromatic rings. The van der Waals surface area contributed by atoms with E-state index < -0.39 is 0 Å². The summed E-state index contributed by atoms with van der Waals surface area (Å²) >= 11 is 0. The molecule has 1 heterocycles. The van der Waals surface area contributed by atoms with Gasteiger partial charge < -0.3 is 29.1 Å². The van der Waals surface area contributed by atoms with Crippen LogP contribution in [0.2, 0.25) is 0 Å². The van der Waals surface area contributed by atoms with Crippen molar-refractivity contribution in [3.05, 3.63) is 11.9 Å². The highest BCUT2D eigenvalue weighted by atomic mass is 16.6. The molecule has 0 amide bonds. The summed E-state index contributed by atoms with van der Waals surface area (Å²) in [6.07, 6.45) is 5.12. The summed E-state index contributed by atoms with van der Waals surface area (Å²) in [6.45, 7) is 7.95. The topological polar surface area (TPSA) is 96.7 Å². The molecular formula is C19H36N4O5. The van der Waals surface area contributed by atoms with Crippen molar-refractivity contribution in [1.82, 2.24) is 20.3 Å². The lowest BCUT2D eigenvalue weighted by Gasteiger charge is -2.07. The maximum absolute atomic E-state index is 10.9. The van der Waals surface area contributed by atoms with Crippen LogP contribution in [0.1, 0.15) is 31.9 Å². The van der Waals surface area contributed by atoms with Gasteiger partial charge in [-0.05, 0) is 26.8 Å². The zero-order valence-electron chi connectivity index (χ0n) is 17.4. The summed E-state index contributed by atoms with van der Waals surface area (Å²) in [6, 6.07) is 0. The Hall–Kier alpha value is -1.39. The Balaban J connectivity index is 1.85. The minimum Gasteiger partial charge on any atom is -0.379 e. The smallest absolute Gasteiger partial charge is 0.129 e. The summed E-state index contributed by atoms with van der Waals surface area (Å²) in [4.78, 5) is 10.9. The standard InChI is InChI=1S/C19H36N4O5/c1-18(24)5-3-4-8-23-17-19(21-22-23)6-9-25-11-13-27-15-16-28-14-12-26-10-7-20-2/h17,20H,3-16H2,1-2H3. The Bertz CT molecular complexity index is 498. The largest absolute Gasteiger partial charge is 0.379 e. The first-order valence-electron chi connectivity index (χ1n) is 10.1. The fraction of sp³-hybridized carbons (Fsp3) is 0.842. The molecule has 0 aromatic carbocycles. The number of carbonyl (C=O) groups is 1. The zero-order valence-corrected chi connectivity index (χ0v) is 17.4. The molecule has 0 bridgehead atoms. The molecular weight excluding hydrogens is 364 g/mol. The van der Waals surface area contributed by atoms with Crippen molar-refractivity contribution < 1.29 is 23.7 Å². The minimum atomic E-state index is 0.235. The van der Waals surface area contributed by atoms with Crippen LogP contribution in [0, 0.1) is 0 Å². The van der Waals surface area contributed by atoms with Gasteiger partial charge in [-0.15, -0.1) is 5.10 Å². The Morgan fingerprint density at radius 3 is 2.18 bits per heavy atom. The van der Waals surface area contributed by atoms with Crippen molar-refractivity contribution in [1.29, 1.82) is 0 Å². The van der Waals surface area contributed by atoms with Crippen molar-refractivity contribution in [2.24, 2.45) is 0 Å². The summed E-state index contributed by atoms with van der Waals surface area (Å²) < 4.78 is 23.6. The van der Waals surface area contributed by atoms with E-state index in [4.69, 9.17) is 18.9 Å². The fourth-order valence-electron chi connectivity index (χ4n) is 2.32. The summed E-state index contributed by atoms with van der Waals surface area (Å²) in [5.41, 5.74) is 0.915. The number of nitrogens with one attached hydrogen (secondary N) is 1. The third-order valence-electron chi connectivity index (χ3n) is 3.87. The van der Waals surface area contributed by atoms with E-state index in [1.165, 1.54) is 0 Å². The van der Waals surface area contributed by atoms with Crippen molar-refractivity contribution in [2.75, 3.05) is 66.4 Å². The van der Waals surface area contributed by atoms with E-state index in [0.29, 0.717) is 59.3 Å². The second kappa shape index (κ2) is 17.7. The lowest BCUT2D eigenvalue weighted by Crippen LogP contribution is -2.17. The molecule has 0 atom stereocenters. The first-order valence-corrected chi connectivity index (χ1v) is 10.1. The first-order chi connectivity index (χ1) is 13.7. The summed E-state index contributed by atoms with van der Waals surface area (Å²) in [5.74, 6) is 0.235. The monoisotopic (exact) mass is 400 g/mol. The SMILES string of the molecule is CNCCOCCOCCOCCOCCc1cn(CCCCC(C)=O)nn1. The van der Waals surface area contributed by atoms with Crippen LogP contribution in [-0.4, -0.2) is 87.2 Å². The highest BCUT2D eigenvalue weighted by molar-refractivity contribution is 5.75. The van der Waals surface area contributed by atoms with Gasteiger partial charge in [0.2, 0.25) is 0 Å². The summed E-state index contributed by atoms with van der Waals surface area (Å²) in [5, 5.41) is 11.2. The molecule has 1 rings (SSSR count). The van der Waals surface area contributed by atoms with E-state index in [9.17, 15) is 4.79 Å². The number of hydrogen-bond acceptors (Lipinski definition) is 8. The highest BCUT2D eigenvalue weighted by Gasteiger charge is 2.02. The fourth-order valence-corrected chi connectivity index (χ4v) is 2.32. The van der Waals surface area contributed by atoms with Crippen LogP contribution in [0.4, 0.5) is 0 Å². The number of ether oxygens (including phenoxy) is 4. The quantitative estimate of drug-likeness (QED) is 0.322. The highest BCUT2D eigenvalue weighted by Crippen LogP contribution is 2.01. The summed E-state index contributed by atoms with van der Waals surface area (Å²) in [7, 11) is 1.90. The van der Waals surface area contributed by atoms with Crippen LogP contribution in [0.5, 0.6) is 0 Å². The predicted octanol–water partition coefficient (Wildman–Crippen LogP) is 0.866. The third kappa shape index (κ3) is 14.6. The third-order valence-corrected chi connectivity index (χ3v) is 3.87. The molecule has 0 saturated carbocycles. The Morgan fingerprint density at radius 2 is 1.57 bits per heavy atom. The Labute approximate surface area is 168 Å². The van der Waals surface area contributed by atoms with Gasteiger partial charge in [-0.3, -0.25) is 4.68 Å². The predicted molar refractivity (Wildman–Crippen MR) is 105 cm³/mol. The van der Waals surface area contributed by atoms with Gasteiger partial charge in [0.25, 0.3) is 0 Å². The molecule has 1 N–H and O–H groups in total. The van der Waals surface area contributed by atoms with Crippen molar-refractivity contribution in [3.63, 3.8) is 0 Å². The average Bonchev–Trinajstić information content (AvgIpc) is 3.13. The molecule has 1 aromatic heterocycles. The van der Waals surface area contributed by atoms with Gasteiger partial charge in [-0.1, -0.05) is 5.21 Å². The average molecular weight is 401 g/mol. The number of likely N-dealkylation sites (N-methyl/N-ethyl adjacent to an activating group) is 1. The molecule has 0 unspecified atom stereocenters. The van der Waals surface area contributed by atoms with Crippen LogP contribution >= 0.6 is 0 Å². The second-order valence-corrected chi connectivity index (χ2v) is 6.44. The lowest BCUT2D eigenvalue weighted by molar-refractivity contribution is -0.117. The van der Waals surface area contributed by atoms with E-state index in [1.807, 2.05) is 17.9 Å². The number of rotatable bonds is 20. The molecule has 28 heavy (non-hydrogen) atoms. The number of nitrogens with zero attached hydrogens (tertiary/aromatic N) is 3. The first kappa shape index (κ1) is 24.6. The van der Waals surface area contributed by atoms with Crippen molar-refractivity contribution >= 4 is 5.78 Å². The molecule has 9 heteroatoms. The van der Waals surface area contributed by atoms with E-state index in [-0.39, 0.29) is 5.78 Å². The Kier molecular flexibility index (Phi) is 15.6. The zero-order chi connectivity index (χ0) is 20.3. The number of ketones is 1. The molecule has 0 fully saturated rings. The van der Waals surface area contributed by atoms with E-state index >= 15 is 0 Å². The van der Waals surface area contributed by atoms with E-state index in [1.54, 1.807) is 6.92 Å². The molecule has 0 spiro atoms. The van der Waals surface area contributed by atoms with Crippen molar-refractivity contribution in [2.45, 2.75) is 39.2 Å². The van der Waals surface area contributed by atoms with Gasteiger partial charge in [0.15, 0.2) is 0 Å². The Morgan fingerprint density at radius 1 is 0.964 bits per heavy atom. The van der Waals surface area contributed by atoms with Gasteiger partial charge in [-0.25, -0.2) is 0 Å². The maximum atomic E-state index is 10.9. The molecule has 0 aliphatic carbocycles. The van der Waals surface area contributed by atoms with Crippen LogP contribution in [-0.2, 0) is 36.7 Å². The molecule has 0 saturated heterocycles. The van der Waals surface area contributed by atoms with E-state index in [2.05, 4.69) is 15.6 Å². The van der Waals surface area contributed by atoms with Crippen molar-refractivity contribution in [3.8, 4) is 0 Å². The number of unbranched alkanes of at least 4 members (excludes halogenated alkanes) is 1. The lowest BCUT2D eigenvalue weighted by atomic mass is 10.2. The number of carbonyl (C=O) groups excluding carboxylic acids is 1. The van der Waals surface area contributed by atoms with Crippen LogP contribution in [0.15, 0.2) is 6.20 Å². The maximum Gasteiger partial charge on any atom is 0.129 e. The van der Waals surface area contributed by atoms with E-state index in [0.717, 1.165) is 38.0 Å². The van der Waals surface area contributed by atoms with Gasteiger partial charge in [0.05, 0.1) is 58.5 Å². The molecule has 0 aliphatic heterocycles. The van der Waals surface area contributed by atoms with Crippen LogP contribution < -0.4 is 5.32 Å². The molecule has 162 valence electrons.